The Hall–Kier alpha value is -1.05. The lowest BCUT2D eigenvalue weighted by Gasteiger charge is -2.10. The standard InChI is InChI=1S/C8H12N4O2S/c13-15(14,8-6-10-3-4-11-8)12-7-1-2-9-5-7/h3-4,6-7,9,12H,1-2,5H2/t7-/m1/s1. The third-order valence-corrected chi connectivity index (χ3v) is 3.60. The average molecular weight is 228 g/mol. The van der Waals surface area contributed by atoms with Gasteiger partial charge in [0, 0.05) is 25.0 Å². The molecule has 0 spiro atoms. The maximum atomic E-state index is 11.7. The minimum absolute atomic E-state index is 0.0306. The van der Waals surface area contributed by atoms with E-state index in [0.717, 1.165) is 13.0 Å². The topological polar surface area (TPSA) is 84.0 Å². The number of hydrogen-bond acceptors (Lipinski definition) is 5. The Morgan fingerprint density at radius 1 is 1.47 bits per heavy atom. The van der Waals surface area contributed by atoms with Crippen molar-refractivity contribution in [1.29, 1.82) is 0 Å². The molecule has 1 aromatic rings. The van der Waals surface area contributed by atoms with Gasteiger partial charge in [-0.3, -0.25) is 4.98 Å². The fourth-order valence-corrected chi connectivity index (χ4v) is 2.62. The fraction of sp³-hybridized carbons (Fsp3) is 0.500. The molecule has 0 unspecified atom stereocenters. The molecule has 2 rings (SSSR count). The maximum absolute atomic E-state index is 11.7. The van der Waals surface area contributed by atoms with Gasteiger partial charge in [-0.1, -0.05) is 0 Å². The zero-order valence-corrected chi connectivity index (χ0v) is 8.87. The van der Waals surface area contributed by atoms with E-state index in [1.165, 1.54) is 18.6 Å². The third-order valence-electron chi connectivity index (χ3n) is 2.20. The zero-order chi connectivity index (χ0) is 10.7. The molecule has 0 amide bonds. The largest absolute Gasteiger partial charge is 0.315 e. The summed E-state index contributed by atoms with van der Waals surface area (Å²) in [6.45, 7) is 1.51. The monoisotopic (exact) mass is 228 g/mol. The molecular formula is C8H12N4O2S. The number of nitrogens with zero attached hydrogens (tertiary/aromatic N) is 2. The van der Waals surface area contributed by atoms with Crippen molar-refractivity contribution in [3.8, 4) is 0 Å². The van der Waals surface area contributed by atoms with E-state index in [1.54, 1.807) is 0 Å². The second-order valence-electron chi connectivity index (χ2n) is 3.35. The van der Waals surface area contributed by atoms with Gasteiger partial charge in [-0.25, -0.2) is 18.1 Å². The molecule has 0 aliphatic carbocycles. The zero-order valence-electron chi connectivity index (χ0n) is 8.05. The Balaban J connectivity index is 2.13. The molecule has 15 heavy (non-hydrogen) atoms. The van der Waals surface area contributed by atoms with Crippen molar-refractivity contribution in [3.05, 3.63) is 18.6 Å². The first-order valence-electron chi connectivity index (χ1n) is 4.67. The van der Waals surface area contributed by atoms with Crippen LogP contribution in [-0.2, 0) is 10.0 Å². The quantitative estimate of drug-likeness (QED) is 0.701. The van der Waals surface area contributed by atoms with Crippen molar-refractivity contribution < 1.29 is 8.42 Å². The van der Waals surface area contributed by atoms with Gasteiger partial charge in [0.25, 0.3) is 10.0 Å². The molecule has 1 fully saturated rings. The van der Waals surface area contributed by atoms with Crippen LogP contribution in [0.3, 0.4) is 0 Å². The number of hydrogen-bond donors (Lipinski definition) is 2. The van der Waals surface area contributed by atoms with Gasteiger partial charge in [-0.15, -0.1) is 0 Å². The minimum atomic E-state index is -3.51. The molecule has 1 aromatic heterocycles. The molecule has 2 N–H and O–H groups in total. The molecular weight excluding hydrogens is 216 g/mol. The lowest BCUT2D eigenvalue weighted by Crippen LogP contribution is -2.36. The van der Waals surface area contributed by atoms with E-state index < -0.39 is 10.0 Å². The van der Waals surface area contributed by atoms with Crippen LogP contribution in [0.2, 0.25) is 0 Å². The molecule has 82 valence electrons. The Kier molecular flexibility index (Phi) is 2.94. The lowest BCUT2D eigenvalue weighted by atomic mass is 10.3. The number of sulfonamides is 1. The van der Waals surface area contributed by atoms with Crippen LogP contribution < -0.4 is 10.0 Å². The van der Waals surface area contributed by atoms with Gasteiger partial charge >= 0.3 is 0 Å². The van der Waals surface area contributed by atoms with Crippen LogP contribution in [0.25, 0.3) is 0 Å². The van der Waals surface area contributed by atoms with Gasteiger partial charge in [0.2, 0.25) is 0 Å². The summed E-state index contributed by atoms with van der Waals surface area (Å²) in [4.78, 5) is 7.49. The lowest BCUT2D eigenvalue weighted by molar-refractivity contribution is 0.556. The van der Waals surface area contributed by atoms with E-state index in [0.29, 0.717) is 6.54 Å². The first kappa shape index (κ1) is 10.5. The summed E-state index contributed by atoms with van der Waals surface area (Å²) in [6, 6.07) is -0.0444. The molecule has 0 bridgehead atoms. The highest BCUT2D eigenvalue weighted by molar-refractivity contribution is 7.89. The minimum Gasteiger partial charge on any atom is -0.315 e. The Morgan fingerprint density at radius 3 is 2.93 bits per heavy atom. The summed E-state index contributed by atoms with van der Waals surface area (Å²) >= 11 is 0. The molecule has 1 atom stereocenters. The molecule has 2 heterocycles. The molecule has 6 nitrogen and oxygen atoms in total. The van der Waals surface area contributed by atoms with Gasteiger partial charge in [0.15, 0.2) is 5.03 Å². The predicted octanol–water partition coefficient (Wildman–Crippen LogP) is -0.883. The first-order chi connectivity index (χ1) is 7.18. The fourth-order valence-electron chi connectivity index (χ4n) is 1.46. The van der Waals surface area contributed by atoms with Crippen molar-refractivity contribution in [2.75, 3.05) is 13.1 Å². The van der Waals surface area contributed by atoms with Crippen LogP contribution in [0.15, 0.2) is 23.6 Å². The van der Waals surface area contributed by atoms with Crippen LogP contribution in [0, 0.1) is 0 Å². The second kappa shape index (κ2) is 4.21. The van der Waals surface area contributed by atoms with Crippen molar-refractivity contribution in [1.82, 2.24) is 20.0 Å². The summed E-state index contributed by atoms with van der Waals surface area (Å²) in [6.07, 6.45) is 4.85. The van der Waals surface area contributed by atoms with Crippen LogP contribution >= 0.6 is 0 Å². The Bertz CT molecular complexity index is 414. The van der Waals surface area contributed by atoms with Crippen LogP contribution in [0.5, 0.6) is 0 Å². The van der Waals surface area contributed by atoms with Gasteiger partial charge in [0.05, 0.1) is 6.20 Å². The smallest absolute Gasteiger partial charge is 0.259 e. The summed E-state index contributed by atoms with van der Waals surface area (Å²) in [7, 11) is -3.51. The van der Waals surface area contributed by atoms with Crippen LogP contribution in [0.1, 0.15) is 6.42 Å². The van der Waals surface area contributed by atoms with E-state index in [1.807, 2.05) is 0 Å². The summed E-state index contributed by atoms with van der Waals surface area (Å²) in [5, 5.41) is 3.05. The molecule has 1 aliphatic heterocycles. The molecule has 0 radical (unpaired) electrons. The van der Waals surface area contributed by atoms with Gasteiger partial charge in [0.1, 0.15) is 0 Å². The molecule has 0 saturated carbocycles. The molecule has 0 aromatic carbocycles. The van der Waals surface area contributed by atoms with E-state index in [2.05, 4.69) is 20.0 Å². The van der Waals surface area contributed by atoms with E-state index >= 15 is 0 Å². The number of rotatable bonds is 3. The van der Waals surface area contributed by atoms with Crippen molar-refractivity contribution in [3.63, 3.8) is 0 Å². The number of nitrogens with one attached hydrogen (secondary N) is 2. The van der Waals surface area contributed by atoms with Crippen LogP contribution in [0.4, 0.5) is 0 Å². The second-order valence-corrected chi connectivity index (χ2v) is 5.02. The third kappa shape index (κ3) is 2.49. The predicted molar refractivity (Wildman–Crippen MR) is 53.6 cm³/mol. The SMILES string of the molecule is O=S(=O)(N[C@@H]1CCNC1)c1cnccn1. The average Bonchev–Trinajstić information content (AvgIpc) is 2.71. The summed E-state index contributed by atoms with van der Waals surface area (Å²) in [5.74, 6) is 0. The number of aromatic nitrogens is 2. The summed E-state index contributed by atoms with van der Waals surface area (Å²) < 4.78 is 26.1. The highest BCUT2D eigenvalue weighted by atomic mass is 32.2. The molecule has 7 heteroatoms. The maximum Gasteiger partial charge on any atom is 0.259 e. The van der Waals surface area contributed by atoms with Crippen molar-refractivity contribution in [2.45, 2.75) is 17.5 Å². The Morgan fingerprint density at radius 2 is 2.33 bits per heavy atom. The van der Waals surface area contributed by atoms with Crippen molar-refractivity contribution in [2.24, 2.45) is 0 Å². The Labute approximate surface area is 88.2 Å². The summed E-state index contributed by atoms with van der Waals surface area (Å²) in [5.41, 5.74) is 0. The highest BCUT2D eigenvalue weighted by Gasteiger charge is 2.23. The van der Waals surface area contributed by atoms with Crippen molar-refractivity contribution >= 4 is 10.0 Å². The molecule has 1 saturated heterocycles. The first-order valence-corrected chi connectivity index (χ1v) is 6.16. The van der Waals surface area contributed by atoms with Gasteiger partial charge < -0.3 is 5.32 Å². The normalized spacial score (nSPS) is 21.7. The van der Waals surface area contributed by atoms with Gasteiger partial charge in [-0.2, -0.15) is 0 Å². The van der Waals surface area contributed by atoms with Gasteiger partial charge in [-0.05, 0) is 13.0 Å². The van der Waals surface area contributed by atoms with E-state index in [4.69, 9.17) is 0 Å². The van der Waals surface area contributed by atoms with E-state index in [9.17, 15) is 8.42 Å². The molecule has 1 aliphatic rings. The van der Waals surface area contributed by atoms with Crippen LogP contribution in [-0.4, -0.2) is 37.5 Å². The van der Waals surface area contributed by atoms with E-state index in [-0.39, 0.29) is 11.1 Å². The highest BCUT2D eigenvalue weighted by Crippen LogP contribution is 2.06.